The van der Waals surface area contributed by atoms with Gasteiger partial charge in [-0.1, -0.05) is 13.8 Å². The summed E-state index contributed by atoms with van der Waals surface area (Å²) in [7, 11) is 0. The maximum atomic E-state index is 15.2. The largest absolute Gasteiger partial charge is 0.367 e. The molecule has 32 heavy (non-hydrogen) atoms. The predicted octanol–water partition coefficient (Wildman–Crippen LogP) is 2.06. The summed E-state index contributed by atoms with van der Waals surface area (Å²) in [6.45, 7) is 4.84. The Balaban J connectivity index is 1.52. The monoisotopic (exact) mass is 459 g/mol. The number of carbonyl (C=O) groups excluding carboxylic acids is 1. The molecular weight excluding hydrogens is 433 g/mol. The van der Waals surface area contributed by atoms with E-state index in [1.165, 1.54) is 6.07 Å². The SMILES string of the molecule is CC(C)[C@H](N)C(=O)NC1CCN(c2cc3c(cc2F)c(=O)c2c(=O)[nH]sc2n3C2CC2)C1. The molecule has 1 unspecified atom stereocenters. The summed E-state index contributed by atoms with van der Waals surface area (Å²) < 4.78 is 19.8. The van der Waals surface area contributed by atoms with Crippen molar-refractivity contribution in [2.24, 2.45) is 11.7 Å². The molecule has 3 aromatic rings. The van der Waals surface area contributed by atoms with Crippen molar-refractivity contribution >= 4 is 44.2 Å². The zero-order chi connectivity index (χ0) is 22.7. The molecule has 2 atom stereocenters. The normalized spacial score (nSPS) is 19.9. The molecule has 2 aliphatic rings. The Kier molecular flexibility index (Phi) is 5.09. The van der Waals surface area contributed by atoms with Gasteiger partial charge in [0.2, 0.25) is 11.3 Å². The molecule has 1 aliphatic heterocycles. The first-order chi connectivity index (χ1) is 15.3. The number of aromatic amines is 1. The minimum Gasteiger partial charge on any atom is -0.367 e. The van der Waals surface area contributed by atoms with Gasteiger partial charge < -0.3 is 20.5 Å². The number of amides is 1. The first-order valence-electron chi connectivity index (χ1n) is 11.0. The number of nitrogens with one attached hydrogen (secondary N) is 2. The van der Waals surface area contributed by atoms with Crippen molar-refractivity contribution in [1.82, 2.24) is 14.3 Å². The Labute approximate surface area is 187 Å². The van der Waals surface area contributed by atoms with Crippen molar-refractivity contribution in [2.75, 3.05) is 18.0 Å². The summed E-state index contributed by atoms with van der Waals surface area (Å²) >= 11 is 1.15. The topological polar surface area (TPSA) is 113 Å². The number of carbonyl (C=O) groups is 1. The molecule has 4 N–H and O–H groups in total. The number of H-pyrrole nitrogens is 1. The van der Waals surface area contributed by atoms with Crippen molar-refractivity contribution in [3.05, 3.63) is 38.5 Å². The van der Waals surface area contributed by atoms with E-state index in [-0.39, 0.29) is 34.7 Å². The zero-order valence-electron chi connectivity index (χ0n) is 18.0. The highest BCUT2D eigenvalue weighted by molar-refractivity contribution is 7.12. The number of rotatable bonds is 5. The zero-order valence-corrected chi connectivity index (χ0v) is 18.8. The van der Waals surface area contributed by atoms with Crippen LogP contribution in [0.3, 0.4) is 0 Å². The second-order valence-corrected chi connectivity index (χ2v) is 9.97. The summed E-state index contributed by atoms with van der Waals surface area (Å²) in [5.74, 6) is -0.669. The first kappa shape index (κ1) is 21.1. The van der Waals surface area contributed by atoms with Gasteiger partial charge in [-0.15, -0.1) is 0 Å². The van der Waals surface area contributed by atoms with E-state index >= 15 is 4.39 Å². The summed E-state index contributed by atoms with van der Waals surface area (Å²) in [5, 5.41) is 3.30. The molecule has 1 saturated heterocycles. The number of nitrogens with two attached hydrogens (primary N) is 1. The van der Waals surface area contributed by atoms with Gasteiger partial charge in [0.15, 0.2) is 0 Å². The Bertz CT molecular complexity index is 1340. The molecule has 2 fully saturated rings. The molecule has 8 nitrogen and oxygen atoms in total. The van der Waals surface area contributed by atoms with E-state index in [9.17, 15) is 14.4 Å². The van der Waals surface area contributed by atoms with Crippen LogP contribution in [0.1, 0.15) is 39.2 Å². The van der Waals surface area contributed by atoms with Crippen molar-refractivity contribution in [2.45, 2.75) is 51.2 Å². The maximum absolute atomic E-state index is 15.2. The van der Waals surface area contributed by atoms with E-state index in [0.717, 1.165) is 24.4 Å². The maximum Gasteiger partial charge on any atom is 0.271 e. The Morgan fingerprint density at radius 2 is 2.03 bits per heavy atom. The summed E-state index contributed by atoms with van der Waals surface area (Å²) in [6.07, 6.45) is 2.60. The van der Waals surface area contributed by atoms with Gasteiger partial charge >= 0.3 is 0 Å². The number of benzene rings is 1. The minimum atomic E-state index is -0.578. The van der Waals surface area contributed by atoms with Crippen LogP contribution in [0.2, 0.25) is 0 Å². The van der Waals surface area contributed by atoms with Gasteiger partial charge in [-0.2, -0.15) is 0 Å². The molecule has 2 aromatic heterocycles. The van der Waals surface area contributed by atoms with E-state index in [1.807, 2.05) is 23.3 Å². The molecule has 1 amide bonds. The second-order valence-electron chi connectivity index (χ2n) is 9.17. The van der Waals surface area contributed by atoms with Crippen LogP contribution in [0.25, 0.3) is 21.1 Å². The molecule has 5 rings (SSSR count). The number of nitrogens with zero attached hydrogens (tertiary/aromatic N) is 2. The third kappa shape index (κ3) is 3.41. The summed E-state index contributed by atoms with van der Waals surface area (Å²) in [6, 6.07) is 2.48. The standard InChI is InChI=1S/C22H26FN5O3S/c1-10(2)18(24)21(31)25-11-5-6-27(9-11)16-8-15-13(7-14(16)23)19(29)17-20(30)26-32-22(17)28(15)12-3-4-12/h7-8,10-12,18H,3-6,9,24H2,1-2H3,(H,25,31)(H,26,30)/t11?,18-/m0/s1. The Hall–Kier alpha value is -2.72. The summed E-state index contributed by atoms with van der Waals surface area (Å²) in [5.41, 5.74) is 6.13. The van der Waals surface area contributed by atoms with E-state index in [4.69, 9.17) is 5.73 Å². The van der Waals surface area contributed by atoms with Crippen LogP contribution in [0.15, 0.2) is 21.7 Å². The highest BCUT2D eigenvalue weighted by Gasteiger charge is 2.31. The molecule has 0 radical (unpaired) electrons. The lowest BCUT2D eigenvalue weighted by Gasteiger charge is -2.22. The lowest BCUT2D eigenvalue weighted by molar-refractivity contribution is -0.123. The molecule has 1 aliphatic carbocycles. The van der Waals surface area contributed by atoms with E-state index < -0.39 is 22.8 Å². The van der Waals surface area contributed by atoms with Crippen LogP contribution in [-0.2, 0) is 4.79 Å². The number of fused-ring (bicyclic) bond motifs is 2. The van der Waals surface area contributed by atoms with Crippen LogP contribution in [0, 0.1) is 11.7 Å². The predicted molar refractivity (Wildman–Crippen MR) is 124 cm³/mol. The molecule has 170 valence electrons. The number of hydrogen-bond donors (Lipinski definition) is 3. The lowest BCUT2D eigenvalue weighted by atomic mass is 10.0. The highest BCUT2D eigenvalue weighted by Crippen LogP contribution is 2.41. The fraction of sp³-hybridized carbons (Fsp3) is 0.500. The minimum absolute atomic E-state index is 0.0329. The second kappa shape index (κ2) is 7.70. The van der Waals surface area contributed by atoms with Gasteiger partial charge in [0.05, 0.1) is 17.2 Å². The van der Waals surface area contributed by atoms with Gasteiger partial charge in [0.25, 0.3) is 5.56 Å². The number of hydrogen-bond acceptors (Lipinski definition) is 6. The van der Waals surface area contributed by atoms with Crippen LogP contribution < -0.4 is 26.9 Å². The van der Waals surface area contributed by atoms with Gasteiger partial charge in [0.1, 0.15) is 16.0 Å². The van der Waals surface area contributed by atoms with Crippen molar-refractivity contribution in [1.29, 1.82) is 0 Å². The third-order valence-corrected chi connectivity index (χ3v) is 7.39. The summed E-state index contributed by atoms with van der Waals surface area (Å²) in [4.78, 5) is 40.0. The first-order valence-corrected chi connectivity index (χ1v) is 11.8. The van der Waals surface area contributed by atoms with Gasteiger partial charge in [0, 0.05) is 30.6 Å². The van der Waals surface area contributed by atoms with E-state index in [2.05, 4.69) is 9.69 Å². The quantitative estimate of drug-likeness (QED) is 0.541. The number of aromatic nitrogens is 2. The number of halogens is 1. The van der Waals surface area contributed by atoms with Gasteiger partial charge in [-0.3, -0.25) is 18.8 Å². The Morgan fingerprint density at radius 3 is 2.72 bits per heavy atom. The van der Waals surface area contributed by atoms with Crippen molar-refractivity contribution in [3.63, 3.8) is 0 Å². The molecular formula is C22H26FN5O3S. The molecule has 0 spiro atoms. The Morgan fingerprint density at radius 1 is 1.28 bits per heavy atom. The van der Waals surface area contributed by atoms with Crippen LogP contribution >= 0.6 is 11.5 Å². The van der Waals surface area contributed by atoms with E-state index in [0.29, 0.717) is 35.5 Å². The fourth-order valence-electron chi connectivity index (χ4n) is 4.47. The number of pyridine rings is 1. The molecule has 10 heteroatoms. The average molecular weight is 460 g/mol. The third-order valence-electron chi connectivity index (χ3n) is 6.50. The fourth-order valence-corrected chi connectivity index (χ4v) is 5.40. The smallest absolute Gasteiger partial charge is 0.271 e. The number of anilines is 1. The van der Waals surface area contributed by atoms with E-state index in [1.54, 1.807) is 6.07 Å². The van der Waals surface area contributed by atoms with Crippen molar-refractivity contribution < 1.29 is 9.18 Å². The molecule has 1 saturated carbocycles. The molecule has 3 heterocycles. The average Bonchev–Trinajstić information content (AvgIpc) is 3.36. The van der Waals surface area contributed by atoms with Gasteiger partial charge in [-0.05, 0) is 48.8 Å². The lowest BCUT2D eigenvalue weighted by Crippen LogP contribution is -2.48. The van der Waals surface area contributed by atoms with Crippen LogP contribution in [0.5, 0.6) is 0 Å². The van der Waals surface area contributed by atoms with Gasteiger partial charge in [-0.25, -0.2) is 4.39 Å². The molecule has 1 aromatic carbocycles. The molecule has 0 bridgehead atoms. The van der Waals surface area contributed by atoms with Crippen molar-refractivity contribution in [3.8, 4) is 0 Å². The van der Waals surface area contributed by atoms with Crippen LogP contribution in [0.4, 0.5) is 10.1 Å². The highest BCUT2D eigenvalue weighted by atomic mass is 32.1. The van der Waals surface area contributed by atoms with Crippen LogP contribution in [-0.4, -0.2) is 40.0 Å².